The number of hydrogen-bond acceptors (Lipinski definition) is 4. The molecule has 0 spiro atoms. The molecule has 6 nitrogen and oxygen atoms in total. The highest BCUT2D eigenvalue weighted by molar-refractivity contribution is 5.86. The van der Waals surface area contributed by atoms with Gasteiger partial charge in [0.05, 0.1) is 0 Å². The number of para-hydroxylation sites is 1. The van der Waals surface area contributed by atoms with E-state index in [0.717, 1.165) is 0 Å². The fraction of sp³-hybridized carbons (Fsp3) is 0.273. The van der Waals surface area contributed by atoms with Crippen LogP contribution in [0.2, 0.25) is 0 Å². The molecule has 0 aliphatic carbocycles. The fourth-order valence-corrected chi connectivity index (χ4v) is 1.51. The monoisotopic (exact) mass is 236 g/mol. The molecule has 0 bridgehead atoms. The van der Waals surface area contributed by atoms with Crippen molar-refractivity contribution in [2.75, 3.05) is 5.32 Å². The van der Waals surface area contributed by atoms with E-state index in [2.05, 4.69) is 5.32 Å². The Labute approximate surface area is 97.7 Å². The minimum atomic E-state index is -1.05. The fourth-order valence-electron chi connectivity index (χ4n) is 1.51. The van der Waals surface area contributed by atoms with Crippen molar-refractivity contribution in [3.05, 3.63) is 30.3 Å². The van der Waals surface area contributed by atoms with E-state index >= 15 is 0 Å². The van der Waals surface area contributed by atoms with Crippen LogP contribution in [0.4, 0.5) is 10.5 Å². The van der Waals surface area contributed by atoms with Gasteiger partial charge < -0.3 is 9.94 Å². The van der Waals surface area contributed by atoms with Crippen molar-refractivity contribution >= 4 is 17.7 Å². The maximum atomic E-state index is 11.4. The van der Waals surface area contributed by atoms with E-state index in [4.69, 9.17) is 4.84 Å². The highest BCUT2D eigenvalue weighted by Gasteiger charge is 2.32. The molecule has 1 aromatic carbocycles. The number of carbonyl (C=O) groups excluding carboxylic acids is 2. The number of carbonyl (C=O) groups is 2. The Morgan fingerprint density at radius 1 is 1.41 bits per heavy atom. The van der Waals surface area contributed by atoms with Crippen molar-refractivity contribution < 1.29 is 19.5 Å². The molecule has 0 saturated carbocycles. The largest absolute Gasteiger partial charge is 0.436 e. The first-order valence-corrected chi connectivity index (χ1v) is 5.21. The number of benzene rings is 1. The lowest BCUT2D eigenvalue weighted by atomic mass is 10.3. The minimum Gasteiger partial charge on any atom is -0.370 e. The normalized spacial score (nSPS) is 19.2. The van der Waals surface area contributed by atoms with Gasteiger partial charge in [0.2, 0.25) is 0 Å². The molecule has 1 unspecified atom stereocenters. The van der Waals surface area contributed by atoms with Crippen LogP contribution >= 0.6 is 0 Å². The Bertz CT molecular complexity index is 421. The standard InChI is InChI=1S/C11H12N2O4/c14-9-6-7-10(15)13(9)17-11(16)12-8-4-2-1-3-5-8/h1-5,9,14H,6-7H2,(H,12,16). The summed E-state index contributed by atoms with van der Waals surface area (Å²) in [4.78, 5) is 27.4. The maximum absolute atomic E-state index is 11.4. The molecule has 90 valence electrons. The number of nitrogens with one attached hydrogen (secondary N) is 1. The van der Waals surface area contributed by atoms with E-state index in [0.29, 0.717) is 10.8 Å². The van der Waals surface area contributed by atoms with Crippen LogP contribution in [0.5, 0.6) is 0 Å². The summed E-state index contributed by atoms with van der Waals surface area (Å²) < 4.78 is 0. The van der Waals surface area contributed by atoms with Gasteiger partial charge in [-0.25, -0.2) is 4.79 Å². The van der Waals surface area contributed by atoms with Gasteiger partial charge in [-0.2, -0.15) is 0 Å². The summed E-state index contributed by atoms with van der Waals surface area (Å²) in [7, 11) is 0. The van der Waals surface area contributed by atoms with Gasteiger partial charge in [0, 0.05) is 18.5 Å². The van der Waals surface area contributed by atoms with Crippen LogP contribution in [0, 0.1) is 0 Å². The molecule has 1 aromatic rings. The molecule has 6 heteroatoms. The number of hydrogen-bond donors (Lipinski definition) is 2. The molecule has 17 heavy (non-hydrogen) atoms. The molecule has 0 radical (unpaired) electrons. The third-order valence-corrected chi connectivity index (χ3v) is 2.33. The zero-order valence-electron chi connectivity index (χ0n) is 9.00. The lowest BCUT2D eigenvalue weighted by Gasteiger charge is -2.18. The summed E-state index contributed by atoms with van der Waals surface area (Å²) >= 11 is 0. The second-order valence-corrected chi connectivity index (χ2v) is 3.61. The molecular weight excluding hydrogens is 224 g/mol. The summed E-state index contributed by atoms with van der Waals surface area (Å²) in [6, 6.07) is 8.69. The summed E-state index contributed by atoms with van der Waals surface area (Å²) in [5.41, 5.74) is 0.554. The number of hydroxylamine groups is 2. The van der Waals surface area contributed by atoms with Gasteiger partial charge in [-0.15, -0.1) is 5.06 Å². The summed E-state index contributed by atoms with van der Waals surface area (Å²) in [5, 5.41) is 12.5. The molecule has 2 amide bonds. The maximum Gasteiger partial charge on any atom is 0.436 e. The SMILES string of the molecule is O=C(Nc1ccccc1)ON1C(=O)CCC1O. The molecule has 1 fully saturated rings. The van der Waals surface area contributed by atoms with Crippen molar-refractivity contribution in [2.24, 2.45) is 0 Å². The number of anilines is 1. The quantitative estimate of drug-likeness (QED) is 0.805. The van der Waals surface area contributed by atoms with Crippen LogP contribution in [0.1, 0.15) is 12.8 Å². The number of nitrogens with zero attached hydrogens (tertiary/aromatic N) is 1. The van der Waals surface area contributed by atoms with Crippen molar-refractivity contribution in [1.29, 1.82) is 0 Å². The first kappa shape index (κ1) is 11.4. The molecule has 2 N–H and O–H groups in total. The zero-order valence-corrected chi connectivity index (χ0v) is 9.00. The smallest absolute Gasteiger partial charge is 0.370 e. The Kier molecular flexibility index (Phi) is 3.24. The third-order valence-electron chi connectivity index (χ3n) is 2.33. The van der Waals surface area contributed by atoms with Crippen LogP contribution in [0.15, 0.2) is 30.3 Å². The summed E-state index contributed by atoms with van der Waals surface area (Å²) in [5.74, 6) is -0.402. The van der Waals surface area contributed by atoms with E-state index in [-0.39, 0.29) is 12.8 Å². The van der Waals surface area contributed by atoms with E-state index in [9.17, 15) is 14.7 Å². The lowest BCUT2D eigenvalue weighted by Crippen LogP contribution is -2.36. The number of aliphatic hydroxyl groups excluding tert-OH is 1. The molecular formula is C11H12N2O4. The van der Waals surface area contributed by atoms with Crippen LogP contribution in [-0.4, -0.2) is 28.4 Å². The zero-order chi connectivity index (χ0) is 12.3. The van der Waals surface area contributed by atoms with Crippen molar-refractivity contribution in [3.63, 3.8) is 0 Å². The molecule has 2 rings (SSSR count). The predicted octanol–water partition coefficient (Wildman–Crippen LogP) is 1.09. The molecule has 1 aliphatic rings. The second-order valence-electron chi connectivity index (χ2n) is 3.61. The van der Waals surface area contributed by atoms with E-state index in [1.165, 1.54) is 0 Å². The predicted molar refractivity (Wildman–Crippen MR) is 58.6 cm³/mol. The van der Waals surface area contributed by atoms with Crippen LogP contribution in [-0.2, 0) is 9.63 Å². The summed E-state index contributed by atoms with van der Waals surface area (Å²) in [6.45, 7) is 0. The number of rotatable bonds is 2. The highest BCUT2D eigenvalue weighted by Crippen LogP contribution is 2.17. The second kappa shape index (κ2) is 4.84. The third kappa shape index (κ3) is 2.73. The van der Waals surface area contributed by atoms with Gasteiger partial charge in [-0.3, -0.25) is 10.1 Å². The van der Waals surface area contributed by atoms with Crippen molar-refractivity contribution in [1.82, 2.24) is 5.06 Å². The Balaban J connectivity index is 1.91. The molecule has 1 aliphatic heterocycles. The van der Waals surface area contributed by atoms with Gasteiger partial charge in [-0.1, -0.05) is 18.2 Å². The molecule has 1 heterocycles. The van der Waals surface area contributed by atoms with Gasteiger partial charge in [0.15, 0.2) is 6.23 Å². The molecule has 1 saturated heterocycles. The van der Waals surface area contributed by atoms with Gasteiger partial charge in [-0.05, 0) is 12.1 Å². The van der Waals surface area contributed by atoms with Crippen molar-refractivity contribution in [3.8, 4) is 0 Å². The average Bonchev–Trinajstić information content (AvgIpc) is 2.62. The van der Waals surface area contributed by atoms with Crippen molar-refractivity contribution in [2.45, 2.75) is 19.1 Å². The van der Waals surface area contributed by atoms with E-state index < -0.39 is 18.2 Å². The molecule has 1 atom stereocenters. The Morgan fingerprint density at radius 3 is 2.71 bits per heavy atom. The highest BCUT2D eigenvalue weighted by atomic mass is 16.7. The Hall–Kier alpha value is -2.08. The molecule has 0 aromatic heterocycles. The average molecular weight is 236 g/mol. The van der Waals surface area contributed by atoms with E-state index in [1.807, 2.05) is 6.07 Å². The van der Waals surface area contributed by atoms with E-state index in [1.54, 1.807) is 24.3 Å². The first-order chi connectivity index (χ1) is 8.16. The van der Waals surface area contributed by atoms with Gasteiger partial charge in [0.1, 0.15) is 0 Å². The first-order valence-electron chi connectivity index (χ1n) is 5.21. The van der Waals surface area contributed by atoms with Crippen LogP contribution < -0.4 is 5.32 Å². The number of aliphatic hydroxyl groups is 1. The summed E-state index contributed by atoms with van der Waals surface area (Å²) in [6.07, 6.45) is -1.40. The minimum absolute atomic E-state index is 0.180. The van der Waals surface area contributed by atoms with Crippen LogP contribution in [0.25, 0.3) is 0 Å². The Morgan fingerprint density at radius 2 is 2.12 bits per heavy atom. The van der Waals surface area contributed by atoms with Gasteiger partial charge >= 0.3 is 6.09 Å². The topological polar surface area (TPSA) is 78.9 Å². The van der Waals surface area contributed by atoms with Gasteiger partial charge in [0.25, 0.3) is 5.91 Å². The number of amides is 2. The van der Waals surface area contributed by atoms with Crippen LogP contribution in [0.3, 0.4) is 0 Å². The lowest BCUT2D eigenvalue weighted by molar-refractivity contribution is -0.187.